The Balaban J connectivity index is 1.90. The molecule has 4 atom stereocenters. The van der Waals surface area contributed by atoms with Gasteiger partial charge in [-0.2, -0.15) is 0 Å². The van der Waals surface area contributed by atoms with E-state index in [4.69, 9.17) is 0 Å². The Morgan fingerprint density at radius 3 is 1.79 bits per heavy atom. The highest BCUT2D eigenvalue weighted by Crippen LogP contribution is 2.55. The molecule has 0 amide bonds. The molecule has 1 saturated heterocycles. The lowest BCUT2D eigenvalue weighted by molar-refractivity contribution is -0.142. The third-order valence-electron chi connectivity index (χ3n) is 6.64. The third-order valence-corrected chi connectivity index (χ3v) is 6.64. The Kier molecular flexibility index (Phi) is 5.58. The maximum atomic E-state index is 12.3. The second kappa shape index (κ2) is 8.14. The monoisotopic (exact) mass is 385 g/mol. The van der Waals surface area contributed by atoms with Gasteiger partial charge in [0.05, 0.1) is 5.60 Å². The van der Waals surface area contributed by atoms with Gasteiger partial charge in [-0.3, -0.25) is 4.90 Å². The van der Waals surface area contributed by atoms with Gasteiger partial charge in [-0.1, -0.05) is 105 Å². The summed E-state index contributed by atoms with van der Waals surface area (Å²) in [4.78, 5) is 2.48. The highest BCUT2D eigenvalue weighted by atomic mass is 16.3. The number of benzene rings is 3. The second-order valence-corrected chi connectivity index (χ2v) is 8.71. The largest absolute Gasteiger partial charge is 0.385 e. The predicted molar refractivity (Wildman–Crippen MR) is 119 cm³/mol. The molecule has 2 heteroatoms. The molecule has 0 bridgehead atoms. The molecule has 0 spiro atoms. The number of nitrogens with zero attached hydrogens (tertiary/aromatic N) is 1. The highest BCUT2D eigenvalue weighted by Gasteiger charge is 2.52. The molecule has 1 heterocycles. The van der Waals surface area contributed by atoms with Crippen LogP contribution in [0.15, 0.2) is 91.0 Å². The third kappa shape index (κ3) is 3.63. The molecule has 0 aliphatic carbocycles. The molecule has 150 valence electrons. The van der Waals surface area contributed by atoms with Gasteiger partial charge in [-0.25, -0.2) is 0 Å². The van der Waals surface area contributed by atoms with E-state index in [9.17, 15) is 5.11 Å². The average Bonchev–Trinajstić information content (AvgIpc) is 2.76. The van der Waals surface area contributed by atoms with E-state index in [0.717, 1.165) is 5.56 Å². The number of likely N-dealkylation sites (tertiary alicyclic amines) is 1. The summed E-state index contributed by atoms with van der Waals surface area (Å²) in [6.07, 6.45) is 0.684. The van der Waals surface area contributed by atoms with Gasteiger partial charge in [-0.05, 0) is 29.7 Å². The fourth-order valence-corrected chi connectivity index (χ4v) is 5.36. The summed E-state index contributed by atoms with van der Waals surface area (Å²) in [5.74, 6) is 0.404. The Hall–Kier alpha value is -2.42. The van der Waals surface area contributed by atoms with Crippen molar-refractivity contribution in [2.75, 3.05) is 7.05 Å². The summed E-state index contributed by atoms with van der Waals surface area (Å²) >= 11 is 0. The number of rotatable bonds is 4. The fraction of sp³-hybridized carbons (Fsp3) is 0.333. The number of hydrogen-bond donors (Lipinski definition) is 1. The molecule has 29 heavy (non-hydrogen) atoms. The van der Waals surface area contributed by atoms with E-state index in [1.54, 1.807) is 0 Å². The minimum atomic E-state index is -0.900. The van der Waals surface area contributed by atoms with Gasteiger partial charge in [0.1, 0.15) is 0 Å². The minimum absolute atomic E-state index is 0.0808. The molecular formula is C27H31NO. The molecule has 4 rings (SSSR count). The van der Waals surface area contributed by atoms with Crippen LogP contribution in [0, 0.1) is 11.8 Å². The summed E-state index contributed by atoms with van der Waals surface area (Å²) in [5, 5.41) is 12.3. The highest BCUT2D eigenvalue weighted by molar-refractivity contribution is 5.32. The Morgan fingerprint density at radius 2 is 1.28 bits per heavy atom. The maximum absolute atomic E-state index is 12.3. The van der Waals surface area contributed by atoms with Crippen molar-refractivity contribution >= 4 is 0 Å². The van der Waals surface area contributed by atoms with Crippen LogP contribution < -0.4 is 0 Å². The molecule has 0 radical (unpaired) electrons. The summed E-state index contributed by atoms with van der Waals surface area (Å²) in [6.45, 7) is 4.48. The van der Waals surface area contributed by atoms with E-state index in [-0.39, 0.29) is 18.0 Å². The van der Waals surface area contributed by atoms with Gasteiger partial charge < -0.3 is 5.11 Å². The standard InChI is InChI=1S/C27H31NO/c1-20(2)25-26(22-15-9-5-10-16-22)28(3)24(21-13-7-4-8-14-21)19-27(25,29)23-17-11-6-12-18-23/h4-18,20,24-26,29H,19H2,1-3H3/t24-,25-,26+,27-/m1/s1. The number of hydrogen-bond acceptors (Lipinski definition) is 2. The fourth-order valence-electron chi connectivity index (χ4n) is 5.36. The van der Waals surface area contributed by atoms with Crippen LogP contribution >= 0.6 is 0 Å². The topological polar surface area (TPSA) is 23.5 Å². The van der Waals surface area contributed by atoms with E-state index >= 15 is 0 Å². The molecule has 2 nitrogen and oxygen atoms in total. The van der Waals surface area contributed by atoms with Crippen molar-refractivity contribution in [2.45, 2.75) is 38.0 Å². The maximum Gasteiger partial charge on any atom is 0.0963 e. The first-order chi connectivity index (χ1) is 14.0. The lowest BCUT2D eigenvalue weighted by Gasteiger charge is -2.55. The molecule has 3 aromatic rings. The van der Waals surface area contributed by atoms with Crippen LogP contribution in [0.1, 0.15) is 49.0 Å². The van der Waals surface area contributed by atoms with Crippen molar-refractivity contribution < 1.29 is 5.11 Å². The van der Waals surface area contributed by atoms with Gasteiger partial charge in [0.25, 0.3) is 0 Å². The molecule has 0 aromatic heterocycles. The molecule has 0 saturated carbocycles. The van der Waals surface area contributed by atoms with Crippen LogP contribution in [-0.4, -0.2) is 17.1 Å². The first-order valence-electron chi connectivity index (χ1n) is 10.6. The summed E-state index contributed by atoms with van der Waals surface area (Å²) in [7, 11) is 2.22. The summed E-state index contributed by atoms with van der Waals surface area (Å²) in [5.41, 5.74) is 2.65. The Morgan fingerprint density at radius 1 is 0.793 bits per heavy atom. The van der Waals surface area contributed by atoms with E-state index in [1.165, 1.54) is 11.1 Å². The lowest BCUT2D eigenvalue weighted by Crippen LogP contribution is -2.53. The molecule has 1 aliphatic rings. The van der Waals surface area contributed by atoms with Gasteiger partial charge in [0, 0.05) is 24.4 Å². The minimum Gasteiger partial charge on any atom is -0.385 e. The Bertz CT molecular complexity index is 909. The van der Waals surface area contributed by atoms with Crippen molar-refractivity contribution in [3.63, 3.8) is 0 Å². The van der Waals surface area contributed by atoms with Crippen LogP contribution in [0.4, 0.5) is 0 Å². The predicted octanol–water partition coefficient (Wildman–Crippen LogP) is 5.96. The zero-order chi connectivity index (χ0) is 20.4. The quantitative estimate of drug-likeness (QED) is 0.598. The van der Waals surface area contributed by atoms with E-state index in [0.29, 0.717) is 12.3 Å². The smallest absolute Gasteiger partial charge is 0.0963 e. The van der Waals surface area contributed by atoms with Crippen LogP contribution in [0.3, 0.4) is 0 Å². The molecular weight excluding hydrogens is 354 g/mol. The molecule has 0 unspecified atom stereocenters. The van der Waals surface area contributed by atoms with Crippen molar-refractivity contribution in [3.8, 4) is 0 Å². The average molecular weight is 386 g/mol. The van der Waals surface area contributed by atoms with Crippen LogP contribution in [0.5, 0.6) is 0 Å². The van der Waals surface area contributed by atoms with E-state index < -0.39 is 5.60 Å². The van der Waals surface area contributed by atoms with Gasteiger partial charge in [0.2, 0.25) is 0 Å². The molecule has 1 N–H and O–H groups in total. The SMILES string of the molecule is CC(C)[C@@H]1[C@H](c2ccccc2)N(C)[C@@H](c2ccccc2)C[C@@]1(O)c1ccccc1. The van der Waals surface area contributed by atoms with Crippen molar-refractivity contribution in [1.29, 1.82) is 0 Å². The van der Waals surface area contributed by atoms with Crippen molar-refractivity contribution in [1.82, 2.24) is 4.90 Å². The normalized spacial score (nSPS) is 27.8. The molecule has 3 aromatic carbocycles. The van der Waals surface area contributed by atoms with Gasteiger partial charge in [0.15, 0.2) is 0 Å². The summed E-state index contributed by atoms with van der Waals surface area (Å²) in [6, 6.07) is 31.8. The lowest BCUT2D eigenvalue weighted by atomic mass is 9.63. The van der Waals surface area contributed by atoms with E-state index in [2.05, 4.69) is 98.6 Å². The number of aliphatic hydroxyl groups is 1. The van der Waals surface area contributed by atoms with Crippen LogP contribution in [0.2, 0.25) is 0 Å². The first-order valence-corrected chi connectivity index (χ1v) is 10.6. The van der Waals surface area contributed by atoms with Crippen molar-refractivity contribution in [2.24, 2.45) is 11.8 Å². The van der Waals surface area contributed by atoms with Crippen LogP contribution in [-0.2, 0) is 5.60 Å². The van der Waals surface area contributed by atoms with Gasteiger partial charge in [-0.15, -0.1) is 0 Å². The first kappa shape index (κ1) is 19.9. The van der Waals surface area contributed by atoms with Crippen molar-refractivity contribution in [3.05, 3.63) is 108 Å². The molecule has 1 fully saturated rings. The van der Waals surface area contributed by atoms with E-state index in [1.807, 2.05) is 18.2 Å². The zero-order valence-corrected chi connectivity index (χ0v) is 17.6. The second-order valence-electron chi connectivity index (χ2n) is 8.71. The Labute approximate surface area is 174 Å². The summed E-state index contributed by atoms with van der Waals surface area (Å²) < 4.78 is 0. The molecule has 1 aliphatic heterocycles. The number of piperidine rings is 1. The zero-order valence-electron chi connectivity index (χ0n) is 17.6. The van der Waals surface area contributed by atoms with Gasteiger partial charge >= 0.3 is 0 Å². The van der Waals surface area contributed by atoms with Crippen LogP contribution in [0.25, 0.3) is 0 Å².